The van der Waals surface area contributed by atoms with Gasteiger partial charge in [0.2, 0.25) is 0 Å². The Labute approximate surface area is 182 Å². The predicted molar refractivity (Wildman–Crippen MR) is 120 cm³/mol. The van der Waals surface area contributed by atoms with Crippen LogP contribution in [0.5, 0.6) is 0 Å². The second-order valence-electron chi connectivity index (χ2n) is 5.92. The number of nitrogens with one attached hydrogen (secondary N) is 1. The molecule has 1 saturated heterocycles. The monoisotopic (exact) mass is 596 g/mol. The number of hydrogen-bond acceptors (Lipinski definition) is 2. The Balaban J connectivity index is 1.79. The second-order valence-corrected chi connectivity index (χ2v) is 9.17. The van der Waals surface area contributed by atoms with E-state index in [0.29, 0.717) is 16.3 Å². The lowest BCUT2D eigenvalue weighted by Crippen LogP contribution is -2.29. The lowest BCUT2D eigenvalue weighted by molar-refractivity contribution is 0.102. The Hall–Kier alpha value is -0.310. The molecule has 0 saturated carbocycles. The molecule has 2 aromatic rings. The highest BCUT2D eigenvalue weighted by Gasteiger charge is 2.17. The normalized spacial score (nSPS) is 14.5. The van der Waals surface area contributed by atoms with Gasteiger partial charge in [-0.15, -0.1) is 0 Å². The molecule has 1 fully saturated rings. The third-order valence-electron chi connectivity index (χ3n) is 4.14. The first-order valence-electron chi connectivity index (χ1n) is 7.96. The first kappa shape index (κ1) is 19.5. The lowest BCUT2D eigenvalue weighted by Gasteiger charge is -2.29. The number of nitrogens with zero attached hydrogens (tertiary/aromatic N) is 1. The van der Waals surface area contributed by atoms with Crippen molar-refractivity contribution in [3.8, 4) is 0 Å². The number of halogens is 4. The molecule has 0 spiro atoms. The molecule has 0 bridgehead atoms. The summed E-state index contributed by atoms with van der Waals surface area (Å²) in [6.07, 6.45) is 3.68. The van der Waals surface area contributed by atoms with E-state index < -0.39 is 0 Å². The largest absolute Gasteiger partial charge is 0.370 e. The van der Waals surface area contributed by atoms with E-state index in [2.05, 4.69) is 64.7 Å². The van der Waals surface area contributed by atoms with E-state index in [4.69, 9.17) is 11.6 Å². The Kier molecular flexibility index (Phi) is 6.68. The van der Waals surface area contributed by atoms with Gasteiger partial charge in [0.05, 0.1) is 16.3 Å². The first-order chi connectivity index (χ1) is 12.0. The molecule has 0 aliphatic carbocycles. The number of benzene rings is 2. The van der Waals surface area contributed by atoms with Crippen molar-refractivity contribution in [2.24, 2.45) is 0 Å². The van der Waals surface area contributed by atoms with Gasteiger partial charge in [-0.25, -0.2) is 0 Å². The van der Waals surface area contributed by atoms with Crippen LogP contribution in [0.1, 0.15) is 29.6 Å². The SMILES string of the molecule is O=C(Nc1ccc(N2CCCCC2)c(Cl)c1)c1cc(Br)cc(Br)c1I. The lowest BCUT2D eigenvalue weighted by atomic mass is 10.1. The molecule has 1 aliphatic rings. The molecule has 1 aliphatic heterocycles. The summed E-state index contributed by atoms with van der Waals surface area (Å²) in [5, 5.41) is 3.61. The van der Waals surface area contributed by atoms with Gasteiger partial charge in [0.1, 0.15) is 0 Å². The molecule has 25 heavy (non-hydrogen) atoms. The Morgan fingerprint density at radius 3 is 2.52 bits per heavy atom. The van der Waals surface area contributed by atoms with Gasteiger partial charge in [-0.2, -0.15) is 0 Å². The third-order valence-corrected chi connectivity index (χ3v) is 7.43. The number of rotatable bonds is 3. The van der Waals surface area contributed by atoms with Crippen LogP contribution in [-0.2, 0) is 0 Å². The van der Waals surface area contributed by atoms with Crippen LogP contribution < -0.4 is 10.2 Å². The van der Waals surface area contributed by atoms with E-state index in [-0.39, 0.29) is 5.91 Å². The molecule has 1 N–H and O–H groups in total. The predicted octanol–water partition coefficient (Wildman–Crippen LogP) is 6.71. The maximum atomic E-state index is 12.6. The van der Waals surface area contributed by atoms with Crippen LogP contribution in [0.15, 0.2) is 39.3 Å². The summed E-state index contributed by atoms with van der Waals surface area (Å²) in [7, 11) is 0. The first-order valence-corrected chi connectivity index (χ1v) is 11.0. The van der Waals surface area contributed by atoms with Crippen LogP contribution >= 0.6 is 66.1 Å². The van der Waals surface area contributed by atoms with Gasteiger partial charge in [0, 0.05) is 31.3 Å². The quantitative estimate of drug-likeness (QED) is 0.315. The summed E-state index contributed by atoms with van der Waals surface area (Å²) in [5.74, 6) is -0.159. The van der Waals surface area contributed by atoms with Crippen LogP contribution in [0.4, 0.5) is 11.4 Å². The van der Waals surface area contributed by atoms with Gasteiger partial charge in [-0.1, -0.05) is 27.5 Å². The van der Waals surface area contributed by atoms with Gasteiger partial charge in [-0.05, 0) is 88.1 Å². The van der Waals surface area contributed by atoms with Crippen molar-refractivity contribution in [3.63, 3.8) is 0 Å². The maximum Gasteiger partial charge on any atom is 0.256 e. The van der Waals surface area contributed by atoms with Crippen LogP contribution in [-0.4, -0.2) is 19.0 Å². The topological polar surface area (TPSA) is 32.3 Å². The standard InChI is InChI=1S/C18H16Br2ClIN2O/c19-11-8-13(17(22)14(20)9-11)18(25)23-12-4-5-16(15(21)10-12)24-6-2-1-3-7-24/h4-5,8-10H,1-3,6-7H2,(H,23,25). The molecule has 0 aromatic heterocycles. The van der Waals surface area contributed by atoms with E-state index in [0.717, 1.165) is 31.3 Å². The van der Waals surface area contributed by atoms with Gasteiger partial charge in [-0.3, -0.25) is 4.79 Å². The molecule has 7 heteroatoms. The summed E-state index contributed by atoms with van der Waals surface area (Å²) in [6, 6.07) is 9.45. The number of carbonyl (C=O) groups excluding carboxylic acids is 1. The zero-order chi connectivity index (χ0) is 18.0. The van der Waals surface area contributed by atoms with Crippen molar-refractivity contribution in [2.45, 2.75) is 19.3 Å². The van der Waals surface area contributed by atoms with Crippen LogP contribution in [0.3, 0.4) is 0 Å². The summed E-state index contributed by atoms with van der Waals surface area (Å²) in [4.78, 5) is 14.9. The second kappa shape index (κ2) is 8.59. The molecule has 0 unspecified atom stereocenters. The Morgan fingerprint density at radius 1 is 1.12 bits per heavy atom. The van der Waals surface area contributed by atoms with Crippen LogP contribution in [0.25, 0.3) is 0 Å². The van der Waals surface area contributed by atoms with Gasteiger partial charge in [0.25, 0.3) is 5.91 Å². The van der Waals surface area contributed by atoms with Crippen LogP contribution in [0, 0.1) is 3.57 Å². The molecule has 132 valence electrons. The minimum absolute atomic E-state index is 0.159. The highest BCUT2D eigenvalue weighted by Crippen LogP contribution is 2.32. The van der Waals surface area contributed by atoms with E-state index in [9.17, 15) is 4.79 Å². The molecule has 1 amide bonds. The summed E-state index contributed by atoms with van der Waals surface area (Å²) in [6.45, 7) is 2.07. The van der Waals surface area contributed by atoms with Crippen LogP contribution in [0.2, 0.25) is 5.02 Å². The third kappa shape index (κ3) is 4.70. The average molecular weight is 599 g/mol. The average Bonchev–Trinajstić information content (AvgIpc) is 2.59. The maximum absolute atomic E-state index is 12.6. The van der Waals surface area contributed by atoms with Crippen molar-refractivity contribution in [3.05, 3.63) is 53.4 Å². The molecule has 2 aromatic carbocycles. The zero-order valence-corrected chi connectivity index (χ0v) is 19.4. The minimum atomic E-state index is -0.159. The number of anilines is 2. The molecular formula is C18H16Br2ClIN2O. The van der Waals surface area contributed by atoms with E-state index in [1.165, 1.54) is 19.3 Å². The fourth-order valence-electron chi connectivity index (χ4n) is 2.90. The Bertz CT molecular complexity index is 810. The van der Waals surface area contributed by atoms with E-state index >= 15 is 0 Å². The van der Waals surface area contributed by atoms with Crippen molar-refractivity contribution < 1.29 is 4.79 Å². The van der Waals surface area contributed by atoms with Crippen molar-refractivity contribution in [1.29, 1.82) is 0 Å². The Morgan fingerprint density at radius 2 is 1.84 bits per heavy atom. The molecule has 0 atom stereocenters. The highest BCUT2D eigenvalue weighted by atomic mass is 127. The van der Waals surface area contributed by atoms with Crippen molar-refractivity contribution in [2.75, 3.05) is 23.3 Å². The highest BCUT2D eigenvalue weighted by molar-refractivity contribution is 14.1. The minimum Gasteiger partial charge on any atom is -0.370 e. The number of piperidine rings is 1. The summed E-state index contributed by atoms with van der Waals surface area (Å²) < 4.78 is 2.60. The number of hydrogen-bond donors (Lipinski definition) is 1. The zero-order valence-electron chi connectivity index (χ0n) is 13.3. The summed E-state index contributed by atoms with van der Waals surface area (Å²) in [5.41, 5.74) is 2.35. The molecule has 0 radical (unpaired) electrons. The molecule has 3 nitrogen and oxygen atoms in total. The fourth-order valence-corrected chi connectivity index (χ4v) is 4.98. The number of amides is 1. The fraction of sp³-hybridized carbons (Fsp3) is 0.278. The van der Waals surface area contributed by atoms with Gasteiger partial charge < -0.3 is 10.2 Å². The summed E-state index contributed by atoms with van der Waals surface area (Å²) >= 11 is 15.5. The van der Waals surface area contributed by atoms with Gasteiger partial charge in [0.15, 0.2) is 0 Å². The van der Waals surface area contributed by atoms with E-state index in [1.54, 1.807) is 0 Å². The van der Waals surface area contributed by atoms with Gasteiger partial charge >= 0.3 is 0 Å². The molecule has 3 rings (SSSR count). The number of carbonyl (C=O) groups is 1. The van der Waals surface area contributed by atoms with Crippen molar-refractivity contribution >= 4 is 83.3 Å². The molecule has 1 heterocycles. The molecular weight excluding hydrogens is 582 g/mol. The smallest absolute Gasteiger partial charge is 0.256 e. The van der Waals surface area contributed by atoms with E-state index in [1.807, 2.05) is 30.3 Å². The van der Waals surface area contributed by atoms with Crippen molar-refractivity contribution in [1.82, 2.24) is 0 Å².